The minimum atomic E-state index is -0.265. The molecule has 1 aromatic carbocycles. The third-order valence-electron chi connectivity index (χ3n) is 5.56. The molecule has 3 heterocycles. The van der Waals surface area contributed by atoms with Gasteiger partial charge in [-0.2, -0.15) is 0 Å². The van der Waals surface area contributed by atoms with E-state index in [1.165, 1.54) is 12.5 Å². The summed E-state index contributed by atoms with van der Waals surface area (Å²) in [4.78, 5) is 47.0. The van der Waals surface area contributed by atoms with Crippen LogP contribution in [0, 0.1) is 0 Å². The predicted octanol–water partition coefficient (Wildman–Crippen LogP) is 4.40. The van der Waals surface area contributed by atoms with Gasteiger partial charge in [-0.05, 0) is 39.1 Å². The molecule has 0 saturated carbocycles. The van der Waals surface area contributed by atoms with Crippen LogP contribution in [0.4, 0.5) is 0 Å². The van der Waals surface area contributed by atoms with Crippen LogP contribution < -0.4 is 5.32 Å². The number of oxazole rings is 1. The molecule has 0 radical (unpaired) electrons. The lowest BCUT2D eigenvalue weighted by atomic mass is 10.1. The third-order valence-corrected chi connectivity index (χ3v) is 5.56. The van der Waals surface area contributed by atoms with E-state index in [1.54, 1.807) is 12.4 Å². The second-order valence-corrected chi connectivity index (χ2v) is 8.65. The molecule has 3 aromatic heterocycles. The van der Waals surface area contributed by atoms with Gasteiger partial charge in [-0.25, -0.2) is 9.97 Å². The number of Topliss-reactive ketones (excluding diaryl/α,β-unsaturated/α-hetero) is 1. The van der Waals surface area contributed by atoms with Crippen LogP contribution in [0.15, 0.2) is 53.7 Å². The first-order valence-electron chi connectivity index (χ1n) is 11.6. The SMILES string of the molecule is CN(C)CC(=O)NC(CCCCCC(=O)c1ncco1)c1nc(-c2ccc3nccnc3c2)c[nH]1.Cl.Cl. The first-order chi connectivity index (χ1) is 17.0. The highest BCUT2D eigenvalue weighted by Gasteiger charge is 2.19. The molecule has 1 atom stereocenters. The zero-order valence-electron chi connectivity index (χ0n) is 20.7. The van der Waals surface area contributed by atoms with E-state index < -0.39 is 0 Å². The summed E-state index contributed by atoms with van der Waals surface area (Å²) in [5.41, 5.74) is 3.31. The van der Waals surface area contributed by atoms with Gasteiger partial charge in [-0.15, -0.1) is 24.8 Å². The molecule has 0 saturated heterocycles. The number of hydrogen-bond donors (Lipinski definition) is 2. The number of carbonyl (C=O) groups excluding carboxylic acids is 2. The number of nitrogens with one attached hydrogen (secondary N) is 2. The number of imidazole rings is 1. The Kier molecular flexibility index (Phi) is 11.6. The van der Waals surface area contributed by atoms with Crippen molar-refractivity contribution < 1.29 is 14.0 Å². The van der Waals surface area contributed by atoms with E-state index in [4.69, 9.17) is 9.40 Å². The fourth-order valence-electron chi connectivity index (χ4n) is 3.87. The molecule has 0 aliphatic rings. The average Bonchev–Trinajstić information content (AvgIpc) is 3.55. The summed E-state index contributed by atoms with van der Waals surface area (Å²) in [6.07, 6.45) is 11.5. The van der Waals surface area contributed by atoms with Crippen LogP contribution in [0.2, 0.25) is 0 Å². The van der Waals surface area contributed by atoms with Crippen LogP contribution in [0.3, 0.4) is 0 Å². The summed E-state index contributed by atoms with van der Waals surface area (Å²) in [7, 11) is 3.71. The zero-order chi connectivity index (χ0) is 24.6. The lowest BCUT2D eigenvalue weighted by Gasteiger charge is -2.18. The molecule has 37 heavy (non-hydrogen) atoms. The predicted molar refractivity (Wildman–Crippen MR) is 145 cm³/mol. The van der Waals surface area contributed by atoms with Gasteiger partial charge < -0.3 is 19.6 Å². The normalized spacial score (nSPS) is 11.5. The van der Waals surface area contributed by atoms with Gasteiger partial charge in [0.2, 0.25) is 11.7 Å². The quantitative estimate of drug-likeness (QED) is 0.197. The standard InChI is InChI=1S/C25H29N7O3.2ClH/c1-32(2)16-23(34)30-19(6-4-3-5-7-22(33)25-28-12-13-35-25)24-29-15-21(31-24)17-8-9-18-20(14-17)27-11-10-26-18;;/h8-15,19H,3-7,16H2,1-2H3,(H,29,31)(H,30,34);2*1H. The molecule has 0 bridgehead atoms. The minimum absolute atomic E-state index is 0. The van der Waals surface area contributed by atoms with Crippen molar-refractivity contribution in [2.45, 2.75) is 38.1 Å². The van der Waals surface area contributed by atoms with Crippen LogP contribution in [0.1, 0.15) is 54.7 Å². The lowest BCUT2D eigenvalue weighted by Crippen LogP contribution is -2.36. The largest absolute Gasteiger partial charge is 0.442 e. The highest BCUT2D eigenvalue weighted by Crippen LogP contribution is 2.24. The van der Waals surface area contributed by atoms with Gasteiger partial charge in [-0.3, -0.25) is 19.6 Å². The number of H-pyrrole nitrogens is 1. The minimum Gasteiger partial charge on any atom is -0.442 e. The first-order valence-corrected chi connectivity index (χ1v) is 11.6. The summed E-state index contributed by atoms with van der Waals surface area (Å²) in [5, 5.41) is 3.09. The molecular formula is C25H31Cl2N7O3. The molecule has 1 unspecified atom stereocenters. The number of amides is 1. The third kappa shape index (κ3) is 8.34. The molecule has 4 aromatic rings. The number of carbonyl (C=O) groups is 2. The van der Waals surface area contributed by atoms with Crippen molar-refractivity contribution in [3.63, 3.8) is 0 Å². The average molecular weight is 548 g/mol. The van der Waals surface area contributed by atoms with E-state index in [9.17, 15) is 9.59 Å². The number of aromatic nitrogens is 5. The maximum atomic E-state index is 12.5. The van der Waals surface area contributed by atoms with Gasteiger partial charge in [0, 0.05) is 30.6 Å². The van der Waals surface area contributed by atoms with Crippen molar-refractivity contribution >= 4 is 47.5 Å². The van der Waals surface area contributed by atoms with Gasteiger partial charge in [0.05, 0.1) is 35.5 Å². The summed E-state index contributed by atoms with van der Waals surface area (Å²) in [6, 6.07) is 5.56. The van der Waals surface area contributed by atoms with E-state index >= 15 is 0 Å². The molecule has 4 rings (SSSR count). The van der Waals surface area contributed by atoms with E-state index in [2.05, 4.69) is 25.3 Å². The highest BCUT2D eigenvalue weighted by atomic mass is 35.5. The molecule has 10 nitrogen and oxygen atoms in total. The maximum absolute atomic E-state index is 12.5. The number of fused-ring (bicyclic) bond motifs is 1. The number of benzene rings is 1. The number of rotatable bonds is 12. The number of nitrogens with zero attached hydrogens (tertiary/aromatic N) is 5. The second-order valence-electron chi connectivity index (χ2n) is 8.65. The van der Waals surface area contributed by atoms with Crippen LogP contribution >= 0.6 is 24.8 Å². The molecule has 198 valence electrons. The van der Waals surface area contributed by atoms with Gasteiger partial charge in [0.1, 0.15) is 12.1 Å². The first kappa shape index (κ1) is 29.9. The Labute approximate surface area is 227 Å². The number of ketones is 1. The van der Waals surface area contributed by atoms with E-state index in [1.807, 2.05) is 43.4 Å². The van der Waals surface area contributed by atoms with Crippen LogP contribution in [0.25, 0.3) is 22.3 Å². The Morgan fingerprint density at radius 2 is 1.81 bits per heavy atom. The molecule has 2 N–H and O–H groups in total. The number of halogens is 2. The summed E-state index contributed by atoms with van der Waals surface area (Å²) >= 11 is 0. The van der Waals surface area contributed by atoms with Gasteiger partial charge in [-0.1, -0.05) is 18.9 Å². The van der Waals surface area contributed by atoms with Crippen molar-refractivity contribution in [1.82, 2.24) is 35.1 Å². The highest BCUT2D eigenvalue weighted by molar-refractivity contribution is 5.91. The number of unbranched alkanes of at least 4 members (excludes halogenated alkanes) is 2. The van der Waals surface area contributed by atoms with Crippen LogP contribution in [-0.4, -0.2) is 62.2 Å². The number of aromatic amines is 1. The Hall–Kier alpha value is -3.34. The summed E-state index contributed by atoms with van der Waals surface area (Å²) in [6.45, 7) is 0.290. The lowest BCUT2D eigenvalue weighted by molar-refractivity contribution is -0.122. The van der Waals surface area contributed by atoms with Crippen molar-refractivity contribution in [1.29, 1.82) is 0 Å². The molecular weight excluding hydrogens is 517 g/mol. The van der Waals surface area contributed by atoms with Crippen molar-refractivity contribution in [3.8, 4) is 11.3 Å². The molecule has 12 heteroatoms. The van der Waals surface area contributed by atoms with Crippen LogP contribution in [-0.2, 0) is 4.79 Å². The fourth-order valence-corrected chi connectivity index (χ4v) is 3.87. The molecule has 0 aliphatic heterocycles. The second kappa shape index (κ2) is 14.4. The van der Waals surface area contributed by atoms with Gasteiger partial charge in [0.25, 0.3) is 5.89 Å². The summed E-state index contributed by atoms with van der Waals surface area (Å²) in [5.74, 6) is 0.684. The van der Waals surface area contributed by atoms with Gasteiger partial charge >= 0.3 is 0 Å². The Morgan fingerprint density at radius 3 is 2.54 bits per heavy atom. The van der Waals surface area contributed by atoms with Crippen molar-refractivity contribution in [2.75, 3.05) is 20.6 Å². The van der Waals surface area contributed by atoms with Crippen molar-refractivity contribution in [3.05, 3.63) is 61.0 Å². The number of hydrogen-bond acceptors (Lipinski definition) is 8. The molecule has 0 aliphatic carbocycles. The Bertz CT molecular complexity index is 1280. The van der Waals surface area contributed by atoms with Crippen molar-refractivity contribution in [2.24, 2.45) is 0 Å². The topological polar surface area (TPSA) is 130 Å². The summed E-state index contributed by atoms with van der Waals surface area (Å²) < 4.78 is 5.05. The molecule has 1 amide bonds. The smallest absolute Gasteiger partial charge is 0.263 e. The fraction of sp³-hybridized carbons (Fsp3) is 0.360. The Balaban J connectivity index is 0.00000241. The molecule has 0 spiro atoms. The van der Waals surface area contributed by atoms with Gasteiger partial charge in [0.15, 0.2) is 0 Å². The van der Waals surface area contributed by atoms with Crippen LogP contribution in [0.5, 0.6) is 0 Å². The monoisotopic (exact) mass is 547 g/mol. The maximum Gasteiger partial charge on any atom is 0.263 e. The zero-order valence-corrected chi connectivity index (χ0v) is 22.3. The molecule has 0 fully saturated rings. The number of likely N-dealkylation sites (N-methyl/N-ethyl adjacent to an activating group) is 1. The van der Waals surface area contributed by atoms with E-state index in [0.717, 1.165) is 41.6 Å². The van der Waals surface area contributed by atoms with E-state index in [-0.39, 0.29) is 55.0 Å². The van der Waals surface area contributed by atoms with E-state index in [0.29, 0.717) is 18.7 Å². The Morgan fingerprint density at radius 1 is 1.03 bits per heavy atom.